The van der Waals surface area contributed by atoms with Crippen LogP contribution in [0.4, 0.5) is 0 Å². The molecule has 0 aliphatic carbocycles. The van der Waals surface area contributed by atoms with Crippen molar-refractivity contribution in [1.29, 1.82) is 0 Å². The molecule has 0 saturated carbocycles. The van der Waals surface area contributed by atoms with E-state index < -0.39 is 11.5 Å². The van der Waals surface area contributed by atoms with E-state index in [2.05, 4.69) is 5.32 Å². The zero-order valence-electron chi connectivity index (χ0n) is 11.9. The lowest BCUT2D eigenvalue weighted by Crippen LogP contribution is -2.51. The maximum atomic E-state index is 11.8. The van der Waals surface area contributed by atoms with Gasteiger partial charge in [0.25, 0.3) is 0 Å². The molecule has 5 heteroatoms. The number of carboxylic acid groups (broad SMARTS) is 1. The first kappa shape index (κ1) is 16.0. The number of amides is 1. The summed E-state index contributed by atoms with van der Waals surface area (Å²) in [6.07, 6.45) is 4.77. The normalized spacial score (nSPS) is 19.7. The molecule has 1 rings (SSSR count). The van der Waals surface area contributed by atoms with Gasteiger partial charge >= 0.3 is 5.97 Å². The van der Waals surface area contributed by atoms with E-state index >= 15 is 0 Å². The third-order valence-corrected chi connectivity index (χ3v) is 3.95. The molecule has 19 heavy (non-hydrogen) atoms. The highest BCUT2D eigenvalue weighted by molar-refractivity contribution is 5.86. The van der Waals surface area contributed by atoms with Gasteiger partial charge in [-0.1, -0.05) is 6.92 Å². The Morgan fingerprint density at radius 1 is 1.37 bits per heavy atom. The highest BCUT2D eigenvalue weighted by Gasteiger charge is 2.32. The van der Waals surface area contributed by atoms with Crippen molar-refractivity contribution in [2.75, 3.05) is 13.2 Å². The van der Waals surface area contributed by atoms with Gasteiger partial charge in [0, 0.05) is 19.6 Å². The van der Waals surface area contributed by atoms with Gasteiger partial charge in [0.05, 0.1) is 0 Å². The number of carboxylic acids is 1. The van der Waals surface area contributed by atoms with Crippen LogP contribution in [0.15, 0.2) is 0 Å². The van der Waals surface area contributed by atoms with Crippen LogP contribution in [-0.4, -0.2) is 35.7 Å². The van der Waals surface area contributed by atoms with E-state index in [-0.39, 0.29) is 5.91 Å². The molecule has 2 N–H and O–H groups in total. The number of carbonyl (C=O) groups is 2. The van der Waals surface area contributed by atoms with Gasteiger partial charge in [-0.2, -0.15) is 0 Å². The summed E-state index contributed by atoms with van der Waals surface area (Å²) >= 11 is 0. The number of nitrogens with one attached hydrogen (secondary N) is 1. The molecular formula is C14H25NO4. The Morgan fingerprint density at radius 2 is 2.00 bits per heavy atom. The van der Waals surface area contributed by atoms with Gasteiger partial charge in [-0.05, 0) is 44.9 Å². The van der Waals surface area contributed by atoms with Crippen molar-refractivity contribution in [1.82, 2.24) is 5.32 Å². The molecule has 1 saturated heterocycles. The first-order valence-electron chi connectivity index (χ1n) is 7.10. The Kier molecular flexibility index (Phi) is 6.28. The van der Waals surface area contributed by atoms with Crippen molar-refractivity contribution in [2.45, 2.75) is 57.9 Å². The molecule has 0 bridgehead atoms. The summed E-state index contributed by atoms with van der Waals surface area (Å²) in [5.41, 5.74) is -1.14. The minimum atomic E-state index is -1.14. The second-order valence-electron chi connectivity index (χ2n) is 5.49. The van der Waals surface area contributed by atoms with Crippen molar-refractivity contribution in [2.24, 2.45) is 5.92 Å². The second-order valence-corrected chi connectivity index (χ2v) is 5.49. The van der Waals surface area contributed by atoms with E-state index in [0.29, 0.717) is 18.8 Å². The molecule has 0 spiro atoms. The highest BCUT2D eigenvalue weighted by Crippen LogP contribution is 2.21. The summed E-state index contributed by atoms with van der Waals surface area (Å²) in [6, 6.07) is 0. The molecule has 1 amide bonds. The van der Waals surface area contributed by atoms with Gasteiger partial charge in [0.2, 0.25) is 5.91 Å². The van der Waals surface area contributed by atoms with E-state index in [1.807, 2.05) is 0 Å². The Balaban J connectivity index is 2.25. The lowest BCUT2D eigenvalue weighted by molar-refractivity contribution is -0.147. The molecule has 1 unspecified atom stereocenters. The molecule has 1 aliphatic heterocycles. The molecule has 1 aliphatic rings. The molecule has 5 nitrogen and oxygen atoms in total. The standard InChI is InChI=1S/C14H25NO4/c1-3-14(2,13(17)18)15-12(16)6-4-5-11-7-9-19-10-8-11/h11H,3-10H2,1-2H3,(H,15,16)(H,17,18). The molecule has 1 fully saturated rings. The summed E-state index contributed by atoms with van der Waals surface area (Å²) in [6.45, 7) is 4.95. The number of ether oxygens (including phenoxy) is 1. The first-order valence-corrected chi connectivity index (χ1v) is 7.10. The van der Waals surface area contributed by atoms with Crippen LogP contribution in [0.25, 0.3) is 0 Å². The van der Waals surface area contributed by atoms with Gasteiger partial charge in [-0.15, -0.1) is 0 Å². The van der Waals surface area contributed by atoms with E-state index in [9.17, 15) is 9.59 Å². The second kappa shape index (κ2) is 7.48. The monoisotopic (exact) mass is 271 g/mol. The lowest BCUT2D eigenvalue weighted by Gasteiger charge is -2.25. The van der Waals surface area contributed by atoms with Gasteiger partial charge in [0.15, 0.2) is 0 Å². The summed E-state index contributed by atoms with van der Waals surface area (Å²) in [5, 5.41) is 11.7. The van der Waals surface area contributed by atoms with Crippen molar-refractivity contribution in [3.63, 3.8) is 0 Å². The van der Waals surface area contributed by atoms with Crippen LogP contribution < -0.4 is 5.32 Å². The summed E-state index contributed by atoms with van der Waals surface area (Å²) < 4.78 is 5.29. The topological polar surface area (TPSA) is 75.6 Å². The average Bonchev–Trinajstić information content (AvgIpc) is 2.39. The Hall–Kier alpha value is -1.10. The maximum Gasteiger partial charge on any atom is 0.329 e. The fraction of sp³-hybridized carbons (Fsp3) is 0.857. The van der Waals surface area contributed by atoms with Gasteiger partial charge in [0.1, 0.15) is 5.54 Å². The number of aliphatic carboxylic acids is 1. The minimum Gasteiger partial charge on any atom is -0.480 e. The van der Waals surface area contributed by atoms with Crippen molar-refractivity contribution >= 4 is 11.9 Å². The van der Waals surface area contributed by atoms with Crippen LogP contribution in [-0.2, 0) is 14.3 Å². The Labute approximate surface area is 114 Å². The molecule has 110 valence electrons. The van der Waals surface area contributed by atoms with E-state index in [0.717, 1.165) is 38.9 Å². The van der Waals surface area contributed by atoms with Crippen LogP contribution in [0, 0.1) is 5.92 Å². The van der Waals surface area contributed by atoms with Crippen LogP contribution in [0.1, 0.15) is 52.4 Å². The zero-order chi connectivity index (χ0) is 14.3. The molecule has 0 aromatic carbocycles. The summed E-state index contributed by atoms with van der Waals surface area (Å²) in [5.74, 6) is -0.495. The van der Waals surface area contributed by atoms with Crippen LogP contribution in [0.5, 0.6) is 0 Å². The zero-order valence-corrected chi connectivity index (χ0v) is 11.9. The minimum absolute atomic E-state index is 0.168. The molecule has 0 aromatic heterocycles. The number of carbonyl (C=O) groups excluding carboxylic acids is 1. The predicted octanol–water partition coefficient (Wildman–Crippen LogP) is 1.95. The molecule has 1 heterocycles. The smallest absolute Gasteiger partial charge is 0.329 e. The Bertz CT molecular complexity index is 313. The van der Waals surface area contributed by atoms with E-state index in [1.54, 1.807) is 13.8 Å². The van der Waals surface area contributed by atoms with Gasteiger partial charge in [-0.25, -0.2) is 4.79 Å². The van der Waals surface area contributed by atoms with Gasteiger partial charge < -0.3 is 15.2 Å². The lowest BCUT2D eigenvalue weighted by atomic mass is 9.93. The van der Waals surface area contributed by atoms with Crippen LogP contribution in [0.2, 0.25) is 0 Å². The first-order chi connectivity index (χ1) is 8.98. The number of hydrogen-bond donors (Lipinski definition) is 2. The van der Waals surface area contributed by atoms with Crippen molar-refractivity contribution in [3.05, 3.63) is 0 Å². The molecule has 0 aromatic rings. The Morgan fingerprint density at radius 3 is 2.53 bits per heavy atom. The molecule has 0 radical (unpaired) electrons. The van der Waals surface area contributed by atoms with Crippen LogP contribution in [0.3, 0.4) is 0 Å². The SMILES string of the molecule is CCC(C)(NC(=O)CCCC1CCOCC1)C(=O)O. The third kappa shape index (κ3) is 5.19. The van der Waals surface area contributed by atoms with Crippen molar-refractivity contribution < 1.29 is 19.4 Å². The quantitative estimate of drug-likeness (QED) is 0.742. The fourth-order valence-electron chi connectivity index (χ4n) is 2.25. The highest BCUT2D eigenvalue weighted by atomic mass is 16.5. The third-order valence-electron chi connectivity index (χ3n) is 3.95. The summed E-state index contributed by atoms with van der Waals surface area (Å²) in [7, 11) is 0. The largest absolute Gasteiger partial charge is 0.480 e. The summed E-state index contributed by atoms with van der Waals surface area (Å²) in [4.78, 5) is 22.8. The molecular weight excluding hydrogens is 246 g/mol. The number of hydrogen-bond acceptors (Lipinski definition) is 3. The fourth-order valence-corrected chi connectivity index (χ4v) is 2.25. The molecule has 1 atom stereocenters. The predicted molar refractivity (Wildman–Crippen MR) is 71.9 cm³/mol. The van der Waals surface area contributed by atoms with E-state index in [4.69, 9.17) is 9.84 Å². The maximum absolute atomic E-state index is 11.8. The van der Waals surface area contributed by atoms with Gasteiger partial charge in [-0.3, -0.25) is 4.79 Å². The van der Waals surface area contributed by atoms with E-state index in [1.165, 1.54) is 0 Å². The van der Waals surface area contributed by atoms with Crippen molar-refractivity contribution in [3.8, 4) is 0 Å². The number of rotatable bonds is 7. The average molecular weight is 271 g/mol. The van der Waals surface area contributed by atoms with Crippen LogP contribution >= 0.6 is 0 Å².